The molecule has 0 radical (unpaired) electrons. The Morgan fingerprint density at radius 1 is 1.19 bits per heavy atom. The Bertz CT molecular complexity index is 1050. The molecule has 0 saturated heterocycles. The van der Waals surface area contributed by atoms with Gasteiger partial charge in [-0.15, -0.1) is 0 Å². The van der Waals surface area contributed by atoms with Crippen LogP contribution in [-0.4, -0.2) is 21.8 Å². The van der Waals surface area contributed by atoms with Gasteiger partial charge in [0.2, 0.25) is 5.78 Å². The lowest BCUT2D eigenvalue weighted by atomic mass is 10.1. The summed E-state index contributed by atoms with van der Waals surface area (Å²) in [7, 11) is 0. The molecule has 138 valence electrons. The van der Waals surface area contributed by atoms with Gasteiger partial charge in [0.25, 0.3) is 0 Å². The molecule has 27 heavy (non-hydrogen) atoms. The number of nitrogens with two attached hydrogens (primary N) is 1. The number of nitrogen functional groups attached to an aromatic ring is 1. The van der Waals surface area contributed by atoms with Crippen molar-refractivity contribution in [3.05, 3.63) is 69.1 Å². The van der Waals surface area contributed by atoms with Gasteiger partial charge < -0.3 is 16.2 Å². The highest BCUT2D eigenvalue weighted by Crippen LogP contribution is 2.32. The number of hydrogen-bond acceptors (Lipinski definition) is 6. The fraction of sp³-hybridized carbons (Fsp3) is 0. The predicted molar refractivity (Wildman–Crippen MR) is 98.0 cm³/mol. The quantitative estimate of drug-likeness (QED) is 0.542. The van der Waals surface area contributed by atoms with E-state index in [2.05, 4.69) is 10.3 Å². The third-order valence-corrected chi connectivity index (χ3v) is 4.80. The summed E-state index contributed by atoms with van der Waals surface area (Å²) in [6.07, 6.45) is 0. The Balaban J connectivity index is 1.90. The summed E-state index contributed by atoms with van der Waals surface area (Å²) in [5.74, 6) is -4.29. The Labute approximate surface area is 160 Å². The van der Waals surface area contributed by atoms with Crippen molar-refractivity contribution >= 4 is 51.3 Å². The Morgan fingerprint density at radius 2 is 1.85 bits per heavy atom. The van der Waals surface area contributed by atoms with Crippen molar-refractivity contribution in [1.29, 1.82) is 0 Å². The van der Waals surface area contributed by atoms with Crippen molar-refractivity contribution in [2.24, 2.45) is 0 Å². The van der Waals surface area contributed by atoms with Gasteiger partial charge in [0, 0.05) is 5.69 Å². The fourth-order valence-electron chi connectivity index (χ4n) is 2.27. The highest BCUT2D eigenvalue weighted by Gasteiger charge is 2.24. The predicted octanol–water partition coefficient (Wildman–Crippen LogP) is 4.33. The van der Waals surface area contributed by atoms with E-state index < -0.39 is 29.0 Å². The average molecular weight is 410 g/mol. The highest BCUT2D eigenvalue weighted by molar-refractivity contribution is 7.18. The van der Waals surface area contributed by atoms with E-state index in [0.717, 1.165) is 29.5 Å². The van der Waals surface area contributed by atoms with Crippen molar-refractivity contribution in [3.8, 4) is 0 Å². The standard InChI is InChI=1S/C17H10ClF2N3O3S/c18-9-6-7(4-5-8(9)16(25)26)22-17-23-15(21)14(27-17)13(24)12-10(19)2-1-3-11(12)20/h1-6H,21H2,(H,22,23)(H,25,26). The summed E-state index contributed by atoms with van der Waals surface area (Å²) in [6, 6.07) is 7.20. The molecule has 1 heterocycles. The molecular weight excluding hydrogens is 400 g/mol. The monoisotopic (exact) mass is 409 g/mol. The van der Waals surface area contributed by atoms with E-state index in [4.69, 9.17) is 22.4 Å². The van der Waals surface area contributed by atoms with Gasteiger partial charge in [-0.1, -0.05) is 29.0 Å². The maximum Gasteiger partial charge on any atom is 0.337 e. The lowest BCUT2D eigenvalue weighted by Gasteiger charge is -2.05. The maximum atomic E-state index is 13.8. The second-order valence-corrected chi connectivity index (χ2v) is 6.69. The molecule has 0 unspecified atom stereocenters. The summed E-state index contributed by atoms with van der Waals surface area (Å²) in [5, 5.41) is 12.0. The number of aromatic nitrogens is 1. The van der Waals surface area contributed by atoms with E-state index in [1.807, 2.05) is 0 Å². The van der Waals surface area contributed by atoms with Crippen molar-refractivity contribution in [2.45, 2.75) is 0 Å². The number of carbonyl (C=O) groups excluding carboxylic acids is 1. The van der Waals surface area contributed by atoms with Crippen molar-refractivity contribution in [1.82, 2.24) is 4.98 Å². The largest absolute Gasteiger partial charge is 0.478 e. The van der Waals surface area contributed by atoms with Gasteiger partial charge in [0.05, 0.1) is 16.1 Å². The zero-order chi connectivity index (χ0) is 19.7. The number of carboxylic acids is 1. The first-order chi connectivity index (χ1) is 12.8. The van der Waals surface area contributed by atoms with Gasteiger partial charge >= 0.3 is 5.97 Å². The number of benzene rings is 2. The van der Waals surface area contributed by atoms with Crippen LogP contribution in [0.5, 0.6) is 0 Å². The van der Waals surface area contributed by atoms with E-state index in [1.54, 1.807) is 0 Å². The van der Waals surface area contributed by atoms with Crippen LogP contribution in [0.1, 0.15) is 25.6 Å². The number of rotatable bonds is 5. The van der Waals surface area contributed by atoms with Gasteiger partial charge in [-0.3, -0.25) is 4.79 Å². The van der Waals surface area contributed by atoms with Crippen LogP contribution in [-0.2, 0) is 0 Å². The number of nitrogens with zero attached hydrogens (tertiary/aromatic N) is 1. The normalized spacial score (nSPS) is 10.6. The van der Waals surface area contributed by atoms with Gasteiger partial charge in [-0.05, 0) is 30.3 Å². The number of aromatic carboxylic acids is 1. The number of carboxylic acid groups (broad SMARTS) is 1. The first-order valence-electron chi connectivity index (χ1n) is 7.32. The first kappa shape index (κ1) is 18.7. The Kier molecular flexibility index (Phi) is 5.06. The molecule has 0 amide bonds. The fourth-order valence-corrected chi connectivity index (χ4v) is 3.38. The van der Waals surface area contributed by atoms with E-state index >= 15 is 0 Å². The van der Waals surface area contributed by atoms with E-state index in [0.29, 0.717) is 5.69 Å². The molecule has 3 aromatic rings. The number of halogens is 3. The lowest BCUT2D eigenvalue weighted by molar-refractivity contribution is 0.0697. The molecule has 4 N–H and O–H groups in total. The second-order valence-electron chi connectivity index (χ2n) is 5.28. The molecule has 3 rings (SSSR count). The molecule has 0 bridgehead atoms. The van der Waals surface area contributed by atoms with Crippen molar-refractivity contribution in [3.63, 3.8) is 0 Å². The molecule has 0 spiro atoms. The number of carbonyl (C=O) groups is 2. The molecule has 2 aromatic carbocycles. The smallest absolute Gasteiger partial charge is 0.337 e. The molecule has 0 fully saturated rings. The van der Waals surface area contributed by atoms with Crippen LogP contribution in [0.2, 0.25) is 5.02 Å². The average Bonchev–Trinajstić information content (AvgIpc) is 2.94. The summed E-state index contributed by atoms with van der Waals surface area (Å²) >= 11 is 6.69. The van der Waals surface area contributed by atoms with Crippen molar-refractivity contribution in [2.75, 3.05) is 11.1 Å². The third-order valence-electron chi connectivity index (χ3n) is 3.50. The number of ketones is 1. The van der Waals surface area contributed by atoms with Gasteiger partial charge in [-0.25, -0.2) is 18.6 Å². The third kappa shape index (κ3) is 3.74. The van der Waals surface area contributed by atoms with Crippen LogP contribution >= 0.6 is 22.9 Å². The minimum absolute atomic E-state index is 0.00163. The number of thiazole rings is 1. The van der Waals surface area contributed by atoms with Gasteiger partial charge in [0.1, 0.15) is 22.3 Å². The lowest BCUT2D eigenvalue weighted by Crippen LogP contribution is -2.07. The Morgan fingerprint density at radius 3 is 2.44 bits per heavy atom. The van der Waals surface area contributed by atoms with Crippen LogP contribution in [0.3, 0.4) is 0 Å². The van der Waals surface area contributed by atoms with Gasteiger partial charge in [-0.2, -0.15) is 0 Å². The van der Waals surface area contributed by atoms with Crippen LogP contribution in [0.4, 0.5) is 25.4 Å². The van der Waals surface area contributed by atoms with Crippen LogP contribution in [0, 0.1) is 11.6 Å². The molecule has 1 aromatic heterocycles. The highest BCUT2D eigenvalue weighted by atomic mass is 35.5. The molecule has 0 saturated carbocycles. The van der Waals surface area contributed by atoms with Crippen LogP contribution in [0.15, 0.2) is 36.4 Å². The summed E-state index contributed by atoms with van der Waals surface area (Å²) < 4.78 is 27.6. The first-order valence-corrected chi connectivity index (χ1v) is 8.52. The number of anilines is 3. The van der Waals surface area contributed by atoms with Gasteiger partial charge in [0.15, 0.2) is 5.13 Å². The Hall–Kier alpha value is -3.04. The SMILES string of the molecule is Nc1nc(Nc2ccc(C(=O)O)c(Cl)c2)sc1C(=O)c1c(F)cccc1F. The number of hydrogen-bond donors (Lipinski definition) is 3. The minimum atomic E-state index is -1.18. The molecular formula is C17H10ClF2N3O3S. The molecule has 0 atom stereocenters. The summed E-state index contributed by atoms with van der Waals surface area (Å²) in [5.41, 5.74) is 5.32. The van der Waals surface area contributed by atoms with E-state index in [1.165, 1.54) is 18.2 Å². The van der Waals surface area contributed by atoms with Crippen LogP contribution in [0.25, 0.3) is 0 Å². The molecule has 10 heteroatoms. The minimum Gasteiger partial charge on any atom is -0.478 e. The molecule has 0 aliphatic rings. The molecule has 0 aliphatic carbocycles. The number of nitrogens with one attached hydrogen (secondary N) is 1. The van der Waals surface area contributed by atoms with Crippen molar-refractivity contribution < 1.29 is 23.5 Å². The maximum absolute atomic E-state index is 13.8. The van der Waals surface area contributed by atoms with E-state index in [9.17, 15) is 18.4 Å². The molecule has 6 nitrogen and oxygen atoms in total. The van der Waals surface area contributed by atoms with E-state index in [-0.39, 0.29) is 26.4 Å². The summed E-state index contributed by atoms with van der Waals surface area (Å²) in [4.78, 5) is 27.2. The zero-order valence-electron chi connectivity index (χ0n) is 13.3. The molecule has 0 aliphatic heterocycles. The van der Waals surface area contributed by atoms with Crippen LogP contribution < -0.4 is 11.1 Å². The second kappa shape index (κ2) is 7.29. The zero-order valence-corrected chi connectivity index (χ0v) is 14.9. The summed E-state index contributed by atoms with van der Waals surface area (Å²) in [6.45, 7) is 0. The topological polar surface area (TPSA) is 105 Å².